The number of aliphatic carboxylic acids is 2. The molecular weight excluding hydrogens is 1050 g/mol. The molecule has 7 rings (SSSR count). The van der Waals surface area contributed by atoms with E-state index in [1.807, 2.05) is 26.0 Å². The van der Waals surface area contributed by atoms with Gasteiger partial charge in [0.05, 0.1) is 66.5 Å². The molecular formula is C64H95NaO16. The summed E-state index contributed by atoms with van der Waals surface area (Å²) in [6.07, 6.45) is 11.4. The summed E-state index contributed by atoms with van der Waals surface area (Å²) in [5.41, 5.74) is -0.737. The number of aryl methyl sites for hydroxylation is 2. The minimum Gasteiger partial charge on any atom is -0.549 e. The Morgan fingerprint density at radius 3 is 1.30 bits per heavy atom. The molecule has 5 heterocycles. The second-order valence-corrected chi connectivity index (χ2v) is 25.7. The Morgan fingerprint density at radius 1 is 0.531 bits per heavy atom. The fourth-order valence-electron chi connectivity index (χ4n) is 13.2. The van der Waals surface area contributed by atoms with Crippen LogP contribution in [0.5, 0.6) is 11.5 Å². The first kappa shape index (κ1) is 66.8. The van der Waals surface area contributed by atoms with Gasteiger partial charge in [-0.25, -0.2) is 9.59 Å². The summed E-state index contributed by atoms with van der Waals surface area (Å²) in [4.78, 5) is 53.0. The molecule has 16 nitrogen and oxygen atoms in total. The van der Waals surface area contributed by atoms with Crippen LogP contribution in [0.1, 0.15) is 227 Å². The van der Waals surface area contributed by atoms with E-state index in [9.17, 15) is 49.8 Å². The molecule has 2 aromatic rings. The van der Waals surface area contributed by atoms with Crippen LogP contribution in [-0.2, 0) is 50.9 Å². The van der Waals surface area contributed by atoms with Gasteiger partial charge in [-0.05, 0) is 203 Å². The van der Waals surface area contributed by atoms with Crippen LogP contribution in [0.4, 0.5) is 0 Å². The zero-order chi connectivity index (χ0) is 57.7. The van der Waals surface area contributed by atoms with E-state index in [0.717, 1.165) is 64.2 Å². The zero-order valence-corrected chi connectivity index (χ0v) is 51.7. The van der Waals surface area contributed by atoms with Crippen LogP contribution in [0.15, 0.2) is 36.4 Å². The molecule has 5 aliphatic rings. The number of esters is 2. The van der Waals surface area contributed by atoms with Crippen LogP contribution >= 0.6 is 0 Å². The number of hydrogen-bond donors (Lipinski definition) is 5. The summed E-state index contributed by atoms with van der Waals surface area (Å²) in [7, 11) is 0. The minimum atomic E-state index is -1.20. The fourth-order valence-corrected chi connectivity index (χ4v) is 13.2. The normalized spacial score (nSPS) is 31.0. The van der Waals surface area contributed by atoms with Crippen LogP contribution in [-0.4, -0.2) is 123 Å². The number of carbonyl (C=O) groups excluding carboxylic acids is 3. The summed E-state index contributed by atoms with van der Waals surface area (Å²) >= 11 is 0. The standard InChI is InChI=1S/C64H96O16.Na/c1-39-31-33-47-23-11-21-45(75-47)19-8-16-42-18-10-28-52(68)58(42)60(70)80-54(38-44(66)36-50-26-14-30-56(78-50)64(5,6)62(73)74)40(2)32-34-48-24-12-22-46(76-48)20-7-15-41-17-9-27-51(67)57(41)59(69)79-53(39)37-43(65)35-49-25-13-29-55(77-49)63(3,4)61(71)72;/h9-10,17-18,27-28,39-40,43-50,53-56,65-68H,7-8,11-16,19-26,29-38H2,1-6H3,(H,71,72)(H,73,74);/q;+1/p-1/t39-,40-,43-,44-,45-,46+,47-,48+,49-,50-,53+,54+,55+,56+;/m0./s1. The van der Waals surface area contributed by atoms with Crippen molar-refractivity contribution in [1.82, 2.24) is 0 Å². The SMILES string of the molecule is C[C@H]1CC[C@H]2CCC[C@@H](CCCc3cccc(O)c3C(=O)O[C@H](C[C@@H](O)C[C@@H]3CCC[C@H](C(C)(C)C(=O)O)O3)[C@@H](C)CC[C@@H]3CCC[C@H](CCCc4cccc(O)c4C(=O)O[C@@H]1C[C@@H](O)C[C@@H]1CCC[C@H](C(C)(C)C(=O)[O-])O1)O3)O2.[Na+]. The predicted molar refractivity (Wildman–Crippen MR) is 298 cm³/mol. The number of carboxylic acid groups (broad SMARTS) is 2. The molecule has 0 aliphatic carbocycles. The van der Waals surface area contributed by atoms with E-state index in [1.165, 1.54) is 12.1 Å². The molecule has 14 atom stereocenters. The van der Waals surface area contributed by atoms with Gasteiger partial charge < -0.3 is 63.9 Å². The molecule has 0 spiro atoms. The third-order valence-electron chi connectivity index (χ3n) is 18.6. The average molecular weight is 1140 g/mol. The largest absolute Gasteiger partial charge is 1.00 e. The molecule has 0 aromatic heterocycles. The molecule has 4 bridgehead atoms. The van der Waals surface area contributed by atoms with E-state index in [2.05, 4.69) is 0 Å². The molecule has 5 aliphatic heterocycles. The van der Waals surface area contributed by atoms with Crippen molar-refractivity contribution in [2.45, 2.75) is 282 Å². The van der Waals surface area contributed by atoms with Gasteiger partial charge in [-0.2, -0.15) is 0 Å². The zero-order valence-electron chi connectivity index (χ0n) is 49.7. The molecule has 0 radical (unpaired) electrons. The van der Waals surface area contributed by atoms with Gasteiger partial charge in [0.25, 0.3) is 0 Å². The maximum Gasteiger partial charge on any atom is 1.00 e. The van der Waals surface area contributed by atoms with Crippen molar-refractivity contribution in [2.75, 3.05) is 0 Å². The van der Waals surface area contributed by atoms with Gasteiger partial charge in [0.15, 0.2) is 0 Å². The number of phenolic OH excluding ortho intramolecular Hbond substituents is 2. The van der Waals surface area contributed by atoms with Crippen molar-refractivity contribution < 1.29 is 108 Å². The van der Waals surface area contributed by atoms with Gasteiger partial charge in [0.2, 0.25) is 0 Å². The topological polar surface area (TPSA) is 248 Å². The number of aromatic hydroxyl groups is 2. The third-order valence-corrected chi connectivity index (χ3v) is 18.6. The monoisotopic (exact) mass is 1140 g/mol. The smallest absolute Gasteiger partial charge is 0.549 e. The number of hydrogen-bond acceptors (Lipinski definition) is 15. The van der Waals surface area contributed by atoms with Crippen LogP contribution in [0.3, 0.4) is 0 Å². The summed E-state index contributed by atoms with van der Waals surface area (Å²) in [6, 6.07) is 10.1. The molecule has 17 heteroatoms. The molecule has 0 amide bonds. The first-order valence-electron chi connectivity index (χ1n) is 30.5. The Bertz CT molecular complexity index is 2180. The molecule has 4 saturated heterocycles. The van der Waals surface area contributed by atoms with Gasteiger partial charge in [0, 0.05) is 24.2 Å². The number of phenols is 2. The number of aliphatic hydroxyl groups excluding tert-OH is 2. The van der Waals surface area contributed by atoms with Crippen molar-refractivity contribution >= 4 is 23.9 Å². The maximum atomic E-state index is 14.4. The fraction of sp³-hybridized carbons (Fsp3) is 0.750. The Balaban J connectivity index is 0.0000106. The first-order valence-corrected chi connectivity index (χ1v) is 30.5. The van der Waals surface area contributed by atoms with Crippen molar-refractivity contribution in [2.24, 2.45) is 22.7 Å². The molecule has 5 N–H and O–H groups in total. The van der Waals surface area contributed by atoms with E-state index in [-0.39, 0.29) is 126 Å². The third kappa shape index (κ3) is 18.8. The number of aliphatic hydroxyl groups is 2. The quantitative estimate of drug-likeness (QED) is 0.104. The van der Waals surface area contributed by atoms with E-state index < -0.39 is 71.3 Å². The Hall–Kier alpha value is -3.32. The van der Waals surface area contributed by atoms with Crippen LogP contribution in [0.2, 0.25) is 0 Å². The van der Waals surface area contributed by atoms with Gasteiger partial charge in [-0.15, -0.1) is 0 Å². The number of ether oxygens (including phenoxy) is 6. The van der Waals surface area contributed by atoms with Crippen LogP contribution in [0.25, 0.3) is 0 Å². The summed E-state index contributed by atoms with van der Waals surface area (Å²) in [5.74, 6) is -4.18. The van der Waals surface area contributed by atoms with Gasteiger partial charge in [0.1, 0.15) is 34.8 Å². The molecule has 0 unspecified atom stereocenters. The van der Waals surface area contributed by atoms with Gasteiger partial charge in [-0.1, -0.05) is 52.0 Å². The number of carbonyl (C=O) groups is 4. The maximum absolute atomic E-state index is 14.4. The molecule has 448 valence electrons. The average Bonchev–Trinajstić information content (AvgIpc) is 3.42. The summed E-state index contributed by atoms with van der Waals surface area (Å²) < 4.78 is 38.8. The molecule has 0 saturated carbocycles. The second-order valence-electron chi connectivity index (χ2n) is 25.7. The Kier molecular flexibility index (Phi) is 25.7. The molecule has 4 fully saturated rings. The van der Waals surface area contributed by atoms with E-state index in [1.54, 1.807) is 39.8 Å². The first-order chi connectivity index (χ1) is 38.1. The minimum absolute atomic E-state index is 0. The van der Waals surface area contributed by atoms with Crippen molar-refractivity contribution in [3.05, 3.63) is 58.7 Å². The van der Waals surface area contributed by atoms with Crippen molar-refractivity contribution in [1.29, 1.82) is 0 Å². The Morgan fingerprint density at radius 2 is 0.901 bits per heavy atom. The number of carboxylic acids is 2. The van der Waals surface area contributed by atoms with E-state index >= 15 is 0 Å². The van der Waals surface area contributed by atoms with Gasteiger partial charge in [-0.3, -0.25) is 4.79 Å². The number of fused-ring (bicyclic) bond motifs is 6. The summed E-state index contributed by atoms with van der Waals surface area (Å²) in [5, 5.41) is 67.9. The predicted octanol–water partition coefficient (Wildman–Crippen LogP) is 7.26. The van der Waals surface area contributed by atoms with Crippen molar-refractivity contribution in [3.63, 3.8) is 0 Å². The number of cyclic esters (lactones) is 2. The summed E-state index contributed by atoms with van der Waals surface area (Å²) in [6.45, 7) is 10.6. The van der Waals surface area contributed by atoms with E-state index in [0.29, 0.717) is 88.2 Å². The van der Waals surface area contributed by atoms with Gasteiger partial charge >= 0.3 is 47.5 Å². The molecule has 2 aromatic carbocycles. The second kappa shape index (κ2) is 31.2. The van der Waals surface area contributed by atoms with Crippen LogP contribution in [0, 0.1) is 22.7 Å². The number of rotatable bonds is 12. The van der Waals surface area contributed by atoms with Crippen LogP contribution < -0.4 is 34.7 Å². The number of benzene rings is 2. The Labute approximate surface area is 503 Å². The van der Waals surface area contributed by atoms with Crippen molar-refractivity contribution in [3.8, 4) is 11.5 Å². The molecule has 81 heavy (non-hydrogen) atoms. The van der Waals surface area contributed by atoms with E-state index in [4.69, 9.17) is 28.4 Å².